The number of aromatic nitrogens is 2. The molecule has 3 fully saturated rings. The van der Waals surface area contributed by atoms with Gasteiger partial charge in [-0.2, -0.15) is 5.10 Å². The number of nitrogens with two attached hydrogens (primary N) is 1. The monoisotopic (exact) mass is 461 g/mol. The van der Waals surface area contributed by atoms with Crippen LogP contribution in [0.3, 0.4) is 0 Å². The first-order valence-electron chi connectivity index (χ1n) is 13.0. The molecule has 4 nitrogen and oxygen atoms in total. The van der Waals surface area contributed by atoms with E-state index in [0.29, 0.717) is 37.1 Å². The first-order chi connectivity index (χ1) is 15.6. The summed E-state index contributed by atoms with van der Waals surface area (Å²) in [5, 5.41) is 15.3. The zero-order chi connectivity index (χ0) is 23.6. The number of nitrogens with zero attached hydrogens (tertiary/aromatic N) is 2. The third kappa shape index (κ3) is 3.62. The largest absolute Gasteiger partial charge is 0.396 e. The van der Waals surface area contributed by atoms with Gasteiger partial charge in [0.25, 0.3) is 0 Å². The molecule has 33 heavy (non-hydrogen) atoms. The van der Waals surface area contributed by atoms with Crippen LogP contribution < -0.4 is 5.73 Å². The van der Waals surface area contributed by atoms with Crippen LogP contribution >= 0.6 is 0 Å². The average molecular weight is 462 g/mol. The van der Waals surface area contributed by atoms with Crippen molar-refractivity contribution in [2.45, 2.75) is 90.0 Å². The number of halogens is 2. The van der Waals surface area contributed by atoms with Gasteiger partial charge in [-0.15, -0.1) is 0 Å². The van der Waals surface area contributed by atoms with Gasteiger partial charge in [-0.25, -0.2) is 8.78 Å². The van der Waals surface area contributed by atoms with Crippen LogP contribution in [0.2, 0.25) is 0 Å². The molecule has 6 heteroatoms. The Balaban J connectivity index is 1.42. The summed E-state index contributed by atoms with van der Waals surface area (Å²) in [5.74, 6) is -0.905. The van der Waals surface area contributed by atoms with Crippen molar-refractivity contribution in [2.75, 3.05) is 13.2 Å². The Morgan fingerprint density at radius 1 is 1.15 bits per heavy atom. The molecule has 0 saturated heterocycles. The minimum Gasteiger partial charge on any atom is -0.396 e. The first-order valence-corrected chi connectivity index (χ1v) is 13.0. The lowest BCUT2D eigenvalue weighted by Crippen LogP contribution is -2.53. The highest BCUT2D eigenvalue weighted by Crippen LogP contribution is 2.62. The highest BCUT2D eigenvalue weighted by atomic mass is 19.3. The summed E-state index contributed by atoms with van der Waals surface area (Å²) in [6, 6.07) is 0.0498. The summed E-state index contributed by atoms with van der Waals surface area (Å²) in [6.07, 6.45) is 9.07. The Hall–Kier alpha value is -1.27. The predicted molar refractivity (Wildman–Crippen MR) is 126 cm³/mol. The van der Waals surface area contributed by atoms with Crippen LogP contribution in [0.25, 0.3) is 0 Å². The van der Waals surface area contributed by atoms with Crippen LogP contribution in [0.15, 0.2) is 18.3 Å². The Morgan fingerprint density at radius 3 is 2.55 bits per heavy atom. The molecule has 5 rings (SSSR count). The second-order valence-electron chi connectivity index (χ2n) is 12.1. The van der Waals surface area contributed by atoms with Crippen molar-refractivity contribution in [1.82, 2.24) is 9.78 Å². The van der Waals surface area contributed by atoms with E-state index in [4.69, 9.17) is 10.8 Å². The van der Waals surface area contributed by atoms with Crippen LogP contribution in [0.4, 0.5) is 8.78 Å². The summed E-state index contributed by atoms with van der Waals surface area (Å²) >= 11 is 0. The maximum atomic E-state index is 13.7. The molecular formula is C27H41F2N3O. The number of hydrogen-bond acceptors (Lipinski definition) is 3. The Kier molecular flexibility index (Phi) is 5.80. The van der Waals surface area contributed by atoms with E-state index in [1.807, 2.05) is 10.9 Å². The molecule has 1 aromatic rings. The fraction of sp³-hybridized carbons (Fsp3) is 0.815. The van der Waals surface area contributed by atoms with Gasteiger partial charge < -0.3 is 10.8 Å². The summed E-state index contributed by atoms with van der Waals surface area (Å²) in [7, 11) is 0. The van der Waals surface area contributed by atoms with Gasteiger partial charge in [-0.3, -0.25) is 4.68 Å². The molecule has 0 aromatic carbocycles. The maximum Gasteiger partial charge on any atom is 0.248 e. The van der Waals surface area contributed by atoms with Gasteiger partial charge in [0.1, 0.15) is 0 Å². The zero-order valence-electron chi connectivity index (χ0n) is 20.3. The summed E-state index contributed by atoms with van der Waals surface area (Å²) in [4.78, 5) is 0. The molecule has 1 aromatic heterocycles. The molecule has 3 saturated carbocycles. The van der Waals surface area contributed by atoms with Crippen molar-refractivity contribution in [1.29, 1.82) is 0 Å². The zero-order valence-corrected chi connectivity index (χ0v) is 20.3. The normalized spacial score (nSPS) is 41.1. The van der Waals surface area contributed by atoms with Crippen molar-refractivity contribution >= 4 is 0 Å². The van der Waals surface area contributed by atoms with Crippen molar-refractivity contribution in [3.8, 4) is 0 Å². The van der Waals surface area contributed by atoms with Crippen LogP contribution in [-0.4, -0.2) is 34.0 Å². The van der Waals surface area contributed by atoms with Crippen molar-refractivity contribution in [2.24, 2.45) is 40.2 Å². The average Bonchev–Trinajstić information content (AvgIpc) is 3.32. The molecule has 4 aliphatic carbocycles. The lowest BCUT2D eigenvalue weighted by atomic mass is 9.49. The third-order valence-electron chi connectivity index (χ3n) is 10.7. The minimum atomic E-state index is -2.53. The molecular weight excluding hydrogens is 420 g/mol. The molecule has 1 heterocycles. The van der Waals surface area contributed by atoms with Gasteiger partial charge in [-0.05, 0) is 98.0 Å². The second kappa shape index (κ2) is 8.15. The fourth-order valence-electron chi connectivity index (χ4n) is 8.45. The van der Waals surface area contributed by atoms with E-state index >= 15 is 0 Å². The van der Waals surface area contributed by atoms with Gasteiger partial charge in [-0.1, -0.05) is 26.0 Å². The van der Waals surface area contributed by atoms with Crippen molar-refractivity contribution < 1.29 is 13.9 Å². The number of allylic oxidation sites excluding steroid dienone is 1. The van der Waals surface area contributed by atoms with E-state index in [0.717, 1.165) is 32.1 Å². The maximum absolute atomic E-state index is 13.7. The van der Waals surface area contributed by atoms with E-state index in [2.05, 4.69) is 20.4 Å². The molecule has 0 amide bonds. The molecule has 0 aliphatic heterocycles. The highest BCUT2D eigenvalue weighted by molar-refractivity contribution is 5.28. The van der Waals surface area contributed by atoms with Gasteiger partial charge >= 0.3 is 0 Å². The number of aliphatic hydroxyl groups is 1. The summed E-state index contributed by atoms with van der Waals surface area (Å²) in [6.45, 7) is 10.0. The molecule has 0 spiro atoms. The SMILES string of the molecule is C=C1CC[C@H]2[C@H](CN)[C@@H]([C@@]3(C)Cc4cnn(C5CCC(F)(F)CC5)c4C[C@@H]3CO)CC[C@]12C. The Bertz CT molecular complexity index is 903. The van der Waals surface area contributed by atoms with Crippen molar-refractivity contribution in [3.63, 3.8) is 0 Å². The Labute approximate surface area is 197 Å². The van der Waals surface area contributed by atoms with Crippen LogP contribution in [0.5, 0.6) is 0 Å². The van der Waals surface area contributed by atoms with E-state index in [-0.39, 0.29) is 42.2 Å². The molecule has 3 N–H and O–H groups in total. The Morgan fingerprint density at radius 2 is 1.88 bits per heavy atom. The molecule has 0 radical (unpaired) electrons. The summed E-state index contributed by atoms with van der Waals surface area (Å²) in [5.41, 5.74) is 10.4. The molecule has 0 bridgehead atoms. The number of rotatable bonds is 4. The minimum absolute atomic E-state index is 0.0372. The molecule has 184 valence electrons. The third-order valence-corrected chi connectivity index (χ3v) is 10.7. The smallest absolute Gasteiger partial charge is 0.248 e. The van der Waals surface area contributed by atoms with Gasteiger partial charge in [0.2, 0.25) is 5.92 Å². The van der Waals surface area contributed by atoms with E-state index in [9.17, 15) is 13.9 Å². The molecule has 4 aliphatic rings. The molecule has 6 atom stereocenters. The number of hydrogen-bond donors (Lipinski definition) is 2. The van der Waals surface area contributed by atoms with E-state index < -0.39 is 5.92 Å². The number of alkyl halides is 2. The molecule has 0 unspecified atom stereocenters. The van der Waals surface area contributed by atoms with Gasteiger partial charge in [0.05, 0.1) is 12.2 Å². The highest BCUT2D eigenvalue weighted by Gasteiger charge is 2.56. The predicted octanol–water partition coefficient (Wildman–Crippen LogP) is 5.30. The van der Waals surface area contributed by atoms with E-state index in [1.54, 1.807) is 0 Å². The lowest BCUT2D eigenvalue weighted by molar-refractivity contribution is -0.0554. The van der Waals surface area contributed by atoms with Crippen molar-refractivity contribution in [3.05, 3.63) is 29.6 Å². The number of aliphatic hydroxyl groups excluding tert-OH is 1. The summed E-state index contributed by atoms with van der Waals surface area (Å²) < 4.78 is 29.5. The van der Waals surface area contributed by atoms with Crippen LogP contribution in [0.1, 0.15) is 82.5 Å². The van der Waals surface area contributed by atoms with Crippen LogP contribution in [-0.2, 0) is 12.8 Å². The first kappa shape index (κ1) is 23.5. The lowest BCUT2D eigenvalue weighted by Gasteiger charge is -2.56. The topological polar surface area (TPSA) is 64.1 Å². The fourth-order valence-corrected chi connectivity index (χ4v) is 8.45. The second-order valence-corrected chi connectivity index (χ2v) is 12.1. The number of fused-ring (bicyclic) bond motifs is 2. The quantitative estimate of drug-likeness (QED) is 0.598. The van der Waals surface area contributed by atoms with Gasteiger partial charge in [0, 0.05) is 25.1 Å². The van der Waals surface area contributed by atoms with Gasteiger partial charge in [0.15, 0.2) is 0 Å². The standard InChI is InChI=1S/C27H41F2N3O/c1-17-4-5-22-21(14-30)23(8-9-25(17,22)2)26(3)13-18-15-31-32(24(18)12-19(26)16-33)20-6-10-27(28,29)11-7-20/h15,19-23,33H,1,4-14,16,30H2,2-3H3/t19-,21+,22+,23+,25-,26+/m1/s1. The van der Waals surface area contributed by atoms with Crippen LogP contribution in [0, 0.1) is 34.5 Å². The van der Waals surface area contributed by atoms with E-state index in [1.165, 1.54) is 23.3 Å².